The predicted molar refractivity (Wildman–Crippen MR) is 103 cm³/mol. The van der Waals surface area contributed by atoms with Gasteiger partial charge in [0.25, 0.3) is 0 Å². The zero-order valence-electron chi connectivity index (χ0n) is 17.3. The fourth-order valence-corrected chi connectivity index (χ4v) is 4.75. The van der Waals surface area contributed by atoms with Crippen molar-refractivity contribution in [2.24, 2.45) is 5.92 Å². The SMILES string of the molecule is CCOC(=O)c1oc(C)c(CP(=O)(OCC)OCC)c1CC(C(C)=O)C(C)=O. The predicted octanol–water partition coefficient (Wildman–Crippen LogP) is 3.87. The minimum atomic E-state index is -3.50. The Morgan fingerprint density at radius 3 is 1.93 bits per heavy atom. The van der Waals surface area contributed by atoms with Crippen molar-refractivity contribution in [3.05, 3.63) is 22.6 Å². The Hall–Kier alpha value is -1.76. The summed E-state index contributed by atoms with van der Waals surface area (Å²) >= 11 is 0. The van der Waals surface area contributed by atoms with Gasteiger partial charge in [-0.15, -0.1) is 0 Å². The van der Waals surface area contributed by atoms with E-state index in [9.17, 15) is 18.9 Å². The van der Waals surface area contributed by atoms with Crippen molar-refractivity contribution in [1.82, 2.24) is 0 Å². The fraction of sp³-hybridized carbons (Fsp3) is 0.632. The second-order valence-corrected chi connectivity index (χ2v) is 8.30. The maximum absolute atomic E-state index is 13.0. The van der Waals surface area contributed by atoms with Crippen LogP contribution in [0.1, 0.15) is 62.1 Å². The van der Waals surface area contributed by atoms with Crippen LogP contribution in [-0.2, 0) is 40.5 Å². The summed E-state index contributed by atoms with van der Waals surface area (Å²) in [6.45, 7) is 9.77. The van der Waals surface area contributed by atoms with Gasteiger partial charge in [0.2, 0.25) is 5.76 Å². The smallest absolute Gasteiger partial charge is 0.374 e. The summed E-state index contributed by atoms with van der Waals surface area (Å²) in [6, 6.07) is 0. The molecule has 0 radical (unpaired) electrons. The number of hydrogen-bond acceptors (Lipinski definition) is 8. The molecule has 0 N–H and O–H groups in total. The maximum atomic E-state index is 13.0. The largest absolute Gasteiger partial charge is 0.460 e. The first kappa shape index (κ1) is 24.3. The summed E-state index contributed by atoms with van der Waals surface area (Å²) in [5.41, 5.74) is 0.756. The molecular formula is C19H29O8P. The van der Waals surface area contributed by atoms with Crippen molar-refractivity contribution in [3.63, 3.8) is 0 Å². The first-order chi connectivity index (χ1) is 13.1. The van der Waals surface area contributed by atoms with Crippen LogP contribution in [0, 0.1) is 12.8 Å². The van der Waals surface area contributed by atoms with E-state index in [0.717, 1.165) is 0 Å². The van der Waals surface area contributed by atoms with E-state index in [1.165, 1.54) is 13.8 Å². The second kappa shape index (κ2) is 10.7. The lowest BCUT2D eigenvalue weighted by Gasteiger charge is -2.18. The molecule has 0 saturated heterocycles. The molecule has 0 aliphatic heterocycles. The number of esters is 1. The molecule has 8 nitrogen and oxygen atoms in total. The van der Waals surface area contributed by atoms with Gasteiger partial charge in [-0.2, -0.15) is 0 Å². The van der Waals surface area contributed by atoms with Crippen LogP contribution in [0.4, 0.5) is 0 Å². The van der Waals surface area contributed by atoms with E-state index in [2.05, 4.69) is 0 Å². The van der Waals surface area contributed by atoms with E-state index in [1.54, 1.807) is 27.7 Å². The number of carbonyl (C=O) groups excluding carboxylic acids is 3. The molecule has 9 heteroatoms. The highest BCUT2D eigenvalue weighted by molar-refractivity contribution is 7.53. The molecule has 0 aromatic carbocycles. The number of Topliss-reactive ketones (excluding diaryl/α,β-unsaturated/α-hetero) is 2. The number of rotatable bonds is 12. The summed E-state index contributed by atoms with van der Waals surface area (Å²) in [4.78, 5) is 36.2. The van der Waals surface area contributed by atoms with Gasteiger partial charge >= 0.3 is 13.6 Å². The lowest BCUT2D eigenvalue weighted by atomic mass is 9.90. The molecule has 0 saturated carbocycles. The van der Waals surface area contributed by atoms with Gasteiger partial charge in [0, 0.05) is 11.1 Å². The molecule has 1 aromatic rings. The van der Waals surface area contributed by atoms with Gasteiger partial charge in [-0.3, -0.25) is 14.2 Å². The topological polar surface area (TPSA) is 109 Å². The Labute approximate surface area is 165 Å². The molecular weight excluding hydrogens is 387 g/mol. The first-order valence-corrected chi connectivity index (χ1v) is 11.0. The molecule has 0 amide bonds. The molecule has 158 valence electrons. The standard InChI is InChI=1S/C19H29O8P/c1-7-24-19(22)18-16(10-15(12(4)20)13(5)21)17(14(6)27-18)11-28(23,25-8-2)26-9-3/h15H,7-11H2,1-6H3. The molecule has 1 rings (SSSR count). The molecule has 0 unspecified atom stereocenters. The highest BCUT2D eigenvalue weighted by Gasteiger charge is 2.34. The highest BCUT2D eigenvalue weighted by Crippen LogP contribution is 2.52. The van der Waals surface area contributed by atoms with Gasteiger partial charge in [-0.1, -0.05) is 0 Å². The van der Waals surface area contributed by atoms with Crippen molar-refractivity contribution in [3.8, 4) is 0 Å². The number of ether oxygens (including phenoxy) is 1. The van der Waals surface area contributed by atoms with Crippen LogP contribution >= 0.6 is 7.60 Å². The summed E-state index contributed by atoms with van der Waals surface area (Å²) in [6.07, 6.45) is -0.189. The van der Waals surface area contributed by atoms with Crippen molar-refractivity contribution in [2.45, 2.75) is 54.1 Å². The molecule has 0 atom stereocenters. The number of hydrogen-bond donors (Lipinski definition) is 0. The lowest BCUT2D eigenvalue weighted by molar-refractivity contribution is -0.130. The fourth-order valence-electron chi connectivity index (χ4n) is 2.90. The van der Waals surface area contributed by atoms with Crippen LogP contribution in [0.2, 0.25) is 0 Å². The Kier molecular flexibility index (Phi) is 9.27. The number of furan rings is 1. The third-order valence-electron chi connectivity index (χ3n) is 4.17. The van der Waals surface area contributed by atoms with Gasteiger partial charge in [0.15, 0.2) is 0 Å². The molecule has 1 heterocycles. The number of aryl methyl sites for hydroxylation is 1. The first-order valence-electron chi connectivity index (χ1n) is 9.27. The van der Waals surface area contributed by atoms with Crippen molar-refractivity contribution >= 4 is 25.1 Å². The van der Waals surface area contributed by atoms with Crippen LogP contribution < -0.4 is 0 Å². The lowest BCUT2D eigenvalue weighted by Crippen LogP contribution is -2.23. The molecule has 0 bridgehead atoms. The third-order valence-corrected chi connectivity index (χ3v) is 6.18. The van der Waals surface area contributed by atoms with E-state index >= 15 is 0 Å². The summed E-state index contributed by atoms with van der Waals surface area (Å²) in [7, 11) is -3.50. The zero-order chi connectivity index (χ0) is 21.5. The molecule has 28 heavy (non-hydrogen) atoms. The molecule has 1 aromatic heterocycles. The number of carbonyl (C=O) groups is 3. The Morgan fingerprint density at radius 2 is 1.50 bits per heavy atom. The van der Waals surface area contributed by atoms with Crippen molar-refractivity contribution in [2.75, 3.05) is 19.8 Å². The zero-order valence-corrected chi connectivity index (χ0v) is 18.2. The Morgan fingerprint density at radius 1 is 0.964 bits per heavy atom. The van der Waals surface area contributed by atoms with Gasteiger partial charge in [0.05, 0.1) is 31.9 Å². The summed E-state index contributed by atoms with van der Waals surface area (Å²) in [5.74, 6) is -2.07. The average molecular weight is 416 g/mol. The van der Waals surface area contributed by atoms with E-state index in [1.807, 2.05) is 0 Å². The minimum Gasteiger partial charge on any atom is -0.460 e. The molecule has 0 spiro atoms. The van der Waals surface area contributed by atoms with Gasteiger partial charge in [-0.25, -0.2) is 4.79 Å². The number of ketones is 2. The minimum absolute atomic E-state index is 0.0518. The van der Waals surface area contributed by atoms with Crippen LogP contribution in [0.25, 0.3) is 0 Å². The molecule has 0 aliphatic carbocycles. The van der Waals surface area contributed by atoms with E-state index < -0.39 is 19.5 Å². The van der Waals surface area contributed by atoms with E-state index in [0.29, 0.717) is 16.9 Å². The highest BCUT2D eigenvalue weighted by atomic mass is 31.2. The monoisotopic (exact) mass is 416 g/mol. The average Bonchev–Trinajstić information content (AvgIpc) is 2.88. The van der Waals surface area contributed by atoms with Crippen LogP contribution in [0.5, 0.6) is 0 Å². The Balaban J connectivity index is 3.49. The third kappa shape index (κ3) is 6.12. The van der Waals surface area contributed by atoms with Crippen molar-refractivity contribution in [1.29, 1.82) is 0 Å². The Bertz CT molecular complexity index is 740. The van der Waals surface area contributed by atoms with Crippen molar-refractivity contribution < 1.29 is 37.2 Å². The van der Waals surface area contributed by atoms with Crippen LogP contribution in [0.3, 0.4) is 0 Å². The van der Waals surface area contributed by atoms with Gasteiger partial charge < -0.3 is 18.2 Å². The van der Waals surface area contributed by atoms with Gasteiger partial charge in [0.1, 0.15) is 17.3 Å². The quantitative estimate of drug-likeness (QED) is 0.287. The summed E-state index contributed by atoms with van der Waals surface area (Å²) < 4.78 is 34.3. The maximum Gasteiger partial charge on any atom is 0.374 e. The van der Waals surface area contributed by atoms with Gasteiger partial charge in [-0.05, 0) is 48.0 Å². The van der Waals surface area contributed by atoms with E-state index in [4.69, 9.17) is 18.2 Å². The van der Waals surface area contributed by atoms with Crippen LogP contribution in [0.15, 0.2) is 4.42 Å². The summed E-state index contributed by atoms with van der Waals surface area (Å²) in [5, 5.41) is 0. The second-order valence-electron chi connectivity index (χ2n) is 6.25. The van der Waals surface area contributed by atoms with E-state index in [-0.39, 0.29) is 49.7 Å². The molecule has 0 aliphatic rings. The van der Waals surface area contributed by atoms with Crippen LogP contribution in [-0.4, -0.2) is 37.4 Å². The molecule has 0 fully saturated rings. The normalized spacial score (nSPS) is 11.7.